The molecule has 0 aliphatic rings. The minimum Gasteiger partial charge on any atom is -0.495 e. The van der Waals surface area contributed by atoms with Crippen LogP contribution in [0.4, 0.5) is 5.95 Å². The van der Waals surface area contributed by atoms with Gasteiger partial charge in [-0.15, -0.1) is 0 Å². The third-order valence-corrected chi connectivity index (χ3v) is 3.46. The van der Waals surface area contributed by atoms with Crippen LogP contribution < -0.4 is 10.5 Å². The van der Waals surface area contributed by atoms with E-state index in [1.54, 1.807) is 19.2 Å². The molecule has 0 fully saturated rings. The number of nitrogen functional groups attached to an aromatic ring is 1. The molecule has 104 valence electrons. The Morgan fingerprint density at radius 2 is 2.10 bits per heavy atom. The molecule has 2 N–H and O–H groups in total. The van der Waals surface area contributed by atoms with Gasteiger partial charge in [-0.3, -0.25) is 4.57 Å². The van der Waals surface area contributed by atoms with Crippen molar-refractivity contribution in [3.05, 3.63) is 47.5 Å². The van der Waals surface area contributed by atoms with Gasteiger partial charge in [0.15, 0.2) is 0 Å². The zero-order valence-electron chi connectivity index (χ0n) is 11.8. The number of fused-ring (bicyclic) bond motifs is 1. The van der Waals surface area contributed by atoms with E-state index >= 15 is 0 Å². The Bertz CT molecular complexity index is 874. The first-order valence-corrected chi connectivity index (χ1v) is 6.47. The molecule has 1 aromatic heterocycles. The van der Waals surface area contributed by atoms with Crippen LogP contribution in [0.5, 0.6) is 5.75 Å². The highest BCUT2D eigenvalue weighted by Gasteiger charge is 2.15. The van der Waals surface area contributed by atoms with Gasteiger partial charge in [0, 0.05) is 6.07 Å². The number of imidazole rings is 1. The van der Waals surface area contributed by atoms with E-state index in [0.29, 0.717) is 17.3 Å². The first-order valence-electron chi connectivity index (χ1n) is 6.47. The maximum atomic E-state index is 8.99. The molecule has 0 aliphatic carbocycles. The van der Waals surface area contributed by atoms with E-state index in [4.69, 9.17) is 15.7 Å². The minimum absolute atomic E-state index is 0.391. The van der Waals surface area contributed by atoms with Gasteiger partial charge < -0.3 is 10.5 Å². The highest BCUT2D eigenvalue weighted by molar-refractivity contribution is 5.84. The number of hydrogen-bond acceptors (Lipinski definition) is 4. The fraction of sp³-hybridized carbons (Fsp3) is 0.125. The molecule has 0 saturated carbocycles. The summed E-state index contributed by atoms with van der Waals surface area (Å²) in [6, 6.07) is 13.3. The summed E-state index contributed by atoms with van der Waals surface area (Å²) in [6.07, 6.45) is 0. The lowest BCUT2D eigenvalue weighted by molar-refractivity contribution is 0.413. The normalized spacial score (nSPS) is 10.5. The van der Waals surface area contributed by atoms with Crippen LogP contribution in [0, 0.1) is 18.3 Å². The summed E-state index contributed by atoms with van der Waals surface area (Å²) in [4.78, 5) is 4.43. The quantitative estimate of drug-likeness (QED) is 0.782. The molecule has 21 heavy (non-hydrogen) atoms. The first kappa shape index (κ1) is 13.0. The molecule has 0 amide bonds. The maximum Gasteiger partial charge on any atom is 0.206 e. The van der Waals surface area contributed by atoms with Gasteiger partial charge in [0.25, 0.3) is 0 Å². The molecule has 0 spiro atoms. The average Bonchev–Trinajstić information content (AvgIpc) is 2.84. The molecule has 0 radical (unpaired) electrons. The van der Waals surface area contributed by atoms with Crippen LogP contribution in [-0.2, 0) is 0 Å². The van der Waals surface area contributed by atoms with Crippen molar-refractivity contribution < 1.29 is 4.74 Å². The molecule has 0 atom stereocenters. The SMILES string of the molecule is COc1cc(C#N)ccc1-n1c(N)nc2c(C)cccc21. The van der Waals surface area contributed by atoms with Crippen LogP contribution in [-0.4, -0.2) is 16.7 Å². The van der Waals surface area contributed by atoms with E-state index in [-0.39, 0.29) is 0 Å². The van der Waals surface area contributed by atoms with Gasteiger partial charge in [-0.25, -0.2) is 4.98 Å². The lowest BCUT2D eigenvalue weighted by atomic mass is 10.2. The number of ether oxygens (including phenoxy) is 1. The van der Waals surface area contributed by atoms with Crippen LogP contribution in [0.1, 0.15) is 11.1 Å². The number of methoxy groups -OCH3 is 1. The van der Waals surface area contributed by atoms with Crippen LogP contribution in [0.25, 0.3) is 16.7 Å². The summed E-state index contributed by atoms with van der Waals surface area (Å²) in [7, 11) is 1.57. The van der Waals surface area contributed by atoms with Gasteiger partial charge in [0.1, 0.15) is 5.75 Å². The fourth-order valence-corrected chi connectivity index (χ4v) is 2.44. The molecule has 3 rings (SSSR count). The van der Waals surface area contributed by atoms with E-state index in [1.807, 2.05) is 35.8 Å². The van der Waals surface area contributed by atoms with Crippen molar-refractivity contribution in [2.24, 2.45) is 0 Å². The van der Waals surface area contributed by atoms with Crippen molar-refractivity contribution in [3.8, 4) is 17.5 Å². The second kappa shape index (κ2) is 4.84. The molecular formula is C16H14N4O. The Balaban J connectivity index is 2.33. The van der Waals surface area contributed by atoms with Crippen molar-refractivity contribution in [1.29, 1.82) is 5.26 Å². The predicted octanol–water partition coefficient (Wildman–Crippen LogP) is 2.80. The topological polar surface area (TPSA) is 76.9 Å². The summed E-state index contributed by atoms with van der Waals surface area (Å²) in [5.41, 5.74) is 10.2. The molecule has 2 aromatic carbocycles. The highest BCUT2D eigenvalue weighted by Crippen LogP contribution is 2.31. The molecule has 0 bridgehead atoms. The van der Waals surface area contributed by atoms with Crippen molar-refractivity contribution in [2.45, 2.75) is 6.92 Å². The van der Waals surface area contributed by atoms with Gasteiger partial charge in [-0.2, -0.15) is 5.26 Å². The summed E-state index contributed by atoms with van der Waals surface area (Å²) in [5.74, 6) is 0.976. The molecule has 3 aromatic rings. The number of para-hydroxylation sites is 1. The number of hydrogen-bond donors (Lipinski definition) is 1. The summed E-state index contributed by atoms with van der Waals surface area (Å²) >= 11 is 0. The zero-order chi connectivity index (χ0) is 15.0. The zero-order valence-corrected chi connectivity index (χ0v) is 11.8. The number of nitrogens with two attached hydrogens (primary N) is 1. The van der Waals surface area contributed by atoms with Crippen LogP contribution in [0.3, 0.4) is 0 Å². The molecule has 5 heteroatoms. The van der Waals surface area contributed by atoms with E-state index in [2.05, 4.69) is 11.1 Å². The van der Waals surface area contributed by atoms with E-state index in [1.165, 1.54) is 0 Å². The smallest absolute Gasteiger partial charge is 0.206 e. The minimum atomic E-state index is 0.391. The molecule has 1 heterocycles. The van der Waals surface area contributed by atoms with Crippen molar-refractivity contribution >= 4 is 17.0 Å². The van der Waals surface area contributed by atoms with Gasteiger partial charge in [-0.1, -0.05) is 12.1 Å². The van der Waals surface area contributed by atoms with Crippen LogP contribution in [0.15, 0.2) is 36.4 Å². The number of nitrogens with zero attached hydrogens (tertiary/aromatic N) is 3. The number of aromatic nitrogens is 2. The largest absolute Gasteiger partial charge is 0.495 e. The molecular weight excluding hydrogens is 264 g/mol. The lowest BCUT2D eigenvalue weighted by Crippen LogP contribution is -2.03. The molecule has 0 saturated heterocycles. The molecule has 0 unspecified atom stereocenters. The third-order valence-electron chi connectivity index (χ3n) is 3.46. The van der Waals surface area contributed by atoms with Crippen molar-refractivity contribution in [3.63, 3.8) is 0 Å². The summed E-state index contributed by atoms with van der Waals surface area (Å²) in [5, 5.41) is 8.99. The van der Waals surface area contributed by atoms with Gasteiger partial charge >= 0.3 is 0 Å². The Morgan fingerprint density at radius 3 is 2.81 bits per heavy atom. The molecule has 0 aliphatic heterocycles. The second-order valence-corrected chi connectivity index (χ2v) is 4.75. The highest BCUT2D eigenvalue weighted by atomic mass is 16.5. The Kier molecular flexibility index (Phi) is 2.99. The Labute approximate surface area is 122 Å². The van der Waals surface area contributed by atoms with Gasteiger partial charge in [0.2, 0.25) is 5.95 Å². The number of benzene rings is 2. The number of aryl methyl sites for hydroxylation is 1. The van der Waals surface area contributed by atoms with Gasteiger partial charge in [0.05, 0.1) is 35.5 Å². The summed E-state index contributed by atoms with van der Waals surface area (Å²) < 4.78 is 7.23. The second-order valence-electron chi connectivity index (χ2n) is 4.75. The third kappa shape index (κ3) is 1.98. The van der Waals surface area contributed by atoms with Crippen molar-refractivity contribution in [2.75, 3.05) is 12.8 Å². The van der Waals surface area contributed by atoms with Gasteiger partial charge in [-0.05, 0) is 30.7 Å². The Morgan fingerprint density at radius 1 is 1.29 bits per heavy atom. The average molecular weight is 278 g/mol. The van der Waals surface area contributed by atoms with E-state index in [0.717, 1.165) is 22.3 Å². The number of nitriles is 1. The standard InChI is InChI=1S/C16H14N4O/c1-10-4-3-5-13-15(10)19-16(18)20(13)12-7-6-11(9-17)8-14(12)21-2/h3-8H,1-2H3,(H2,18,19). The predicted molar refractivity (Wildman–Crippen MR) is 81.5 cm³/mol. The summed E-state index contributed by atoms with van der Waals surface area (Å²) in [6.45, 7) is 2.00. The van der Waals surface area contributed by atoms with Crippen LogP contribution >= 0.6 is 0 Å². The van der Waals surface area contributed by atoms with E-state index < -0.39 is 0 Å². The monoisotopic (exact) mass is 278 g/mol. The van der Waals surface area contributed by atoms with E-state index in [9.17, 15) is 0 Å². The van der Waals surface area contributed by atoms with Crippen LogP contribution in [0.2, 0.25) is 0 Å². The van der Waals surface area contributed by atoms with Crippen molar-refractivity contribution in [1.82, 2.24) is 9.55 Å². The first-order chi connectivity index (χ1) is 10.2. The fourth-order valence-electron chi connectivity index (χ4n) is 2.44. The maximum absolute atomic E-state index is 8.99. The number of rotatable bonds is 2. The number of anilines is 1. The Hall–Kier alpha value is -3.00. The molecule has 5 nitrogen and oxygen atoms in total. The lowest BCUT2D eigenvalue weighted by Gasteiger charge is -2.12.